The molecule has 0 aliphatic heterocycles. The van der Waals surface area contributed by atoms with Gasteiger partial charge >= 0.3 is 0 Å². The van der Waals surface area contributed by atoms with Gasteiger partial charge in [-0.3, -0.25) is 4.79 Å². The van der Waals surface area contributed by atoms with Gasteiger partial charge in [0.2, 0.25) is 0 Å². The summed E-state index contributed by atoms with van der Waals surface area (Å²) < 4.78 is 2.33. The number of nitrogens with zero attached hydrogens (tertiary/aromatic N) is 3. The molecule has 0 atom stereocenters. The third-order valence-electron chi connectivity index (χ3n) is 3.55. The Labute approximate surface area is 152 Å². The number of aromatic nitrogens is 2. The molecule has 0 saturated heterocycles. The molecule has 7 heteroatoms. The fourth-order valence-corrected chi connectivity index (χ4v) is 4.35. The molecule has 0 bridgehead atoms. The van der Waals surface area contributed by atoms with Gasteiger partial charge in [0.25, 0.3) is 5.91 Å². The summed E-state index contributed by atoms with van der Waals surface area (Å²) in [5.41, 5.74) is 3.03. The van der Waals surface area contributed by atoms with E-state index in [1.807, 2.05) is 13.2 Å². The number of benzene rings is 1. The molecule has 0 aliphatic rings. The first-order valence-electron chi connectivity index (χ1n) is 6.99. The van der Waals surface area contributed by atoms with E-state index in [0.29, 0.717) is 21.2 Å². The molecule has 2 heterocycles. The van der Waals surface area contributed by atoms with Gasteiger partial charge in [0.1, 0.15) is 10.9 Å². The third kappa shape index (κ3) is 2.98. The second kappa shape index (κ2) is 6.81. The second-order valence-electron chi connectivity index (χ2n) is 4.99. The number of hydrogen-bond donors (Lipinski definition) is 0. The van der Waals surface area contributed by atoms with Crippen LogP contribution in [0.5, 0.6) is 0 Å². The van der Waals surface area contributed by atoms with E-state index in [0.717, 1.165) is 15.3 Å². The van der Waals surface area contributed by atoms with E-state index in [9.17, 15) is 10.1 Å². The molecule has 3 aromatic rings. The Hall–Kier alpha value is -2.07. The highest BCUT2D eigenvalue weighted by atomic mass is 35.5. The Morgan fingerprint density at radius 3 is 2.67 bits per heavy atom. The summed E-state index contributed by atoms with van der Waals surface area (Å²) in [5.74, 6) is -0.225. The van der Waals surface area contributed by atoms with E-state index in [1.165, 1.54) is 16.0 Å². The molecular weight excluding hydrogens is 362 g/mol. The largest absolute Gasteiger partial charge is 0.278 e. The average Bonchev–Trinajstić information content (AvgIpc) is 3.18. The van der Waals surface area contributed by atoms with Crippen LogP contribution in [0.3, 0.4) is 0 Å². The van der Waals surface area contributed by atoms with Crippen LogP contribution in [0.25, 0.3) is 11.3 Å². The van der Waals surface area contributed by atoms with Crippen LogP contribution >= 0.6 is 34.7 Å². The summed E-state index contributed by atoms with van der Waals surface area (Å²) in [6.07, 6.45) is 3.60. The lowest BCUT2D eigenvalue weighted by atomic mass is 10.1. The molecule has 0 radical (unpaired) electrons. The molecule has 0 saturated carbocycles. The summed E-state index contributed by atoms with van der Waals surface area (Å²) in [5, 5.41) is 14.2. The number of hydrogen-bond acceptors (Lipinski definition) is 5. The van der Waals surface area contributed by atoms with E-state index < -0.39 is 0 Å². The minimum Gasteiger partial charge on any atom is -0.267 e. The minimum absolute atomic E-state index is 0.225. The SMILES string of the molecule is CSc1sc(C#N)c(C)c1-c1ccn(C(=O)c2ccc(Cl)cc2)n1. The maximum Gasteiger partial charge on any atom is 0.278 e. The van der Waals surface area contributed by atoms with Crippen LogP contribution in [-0.2, 0) is 0 Å². The van der Waals surface area contributed by atoms with Gasteiger partial charge in [-0.1, -0.05) is 11.6 Å². The molecule has 0 N–H and O–H groups in total. The first kappa shape index (κ1) is 16.8. The molecule has 0 amide bonds. The molecule has 3 rings (SSSR count). The lowest BCUT2D eigenvalue weighted by molar-refractivity contribution is 0.0945. The number of carbonyl (C=O) groups is 1. The van der Waals surface area contributed by atoms with Crippen LogP contribution in [0.2, 0.25) is 5.02 Å². The molecule has 120 valence electrons. The van der Waals surface area contributed by atoms with Crippen molar-refractivity contribution in [3.8, 4) is 17.3 Å². The second-order valence-corrected chi connectivity index (χ2v) is 7.52. The lowest BCUT2D eigenvalue weighted by Crippen LogP contribution is -2.12. The van der Waals surface area contributed by atoms with Gasteiger partial charge in [0.15, 0.2) is 0 Å². The fourth-order valence-electron chi connectivity index (χ4n) is 2.33. The first-order valence-corrected chi connectivity index (χ1v) is 9.41. The van der Waals surface area contributed by atoms with Crippen molar-refractivity contribution in [2.75, 3.05) is 6.26 Å². The Morgan fingerprint density at radius 1 is 1.33 bits per heavy atom. The average molecular weight is 374 g/mol. The highest BCUT2D eigenvalue weighted by Crippen LogP contribution is 2.40. The maximum atomic E-state index is 12.5. The van der Waals surface area contributed by atoms with Gasteiger partial charge in [-0.15, -0.1) is 23.1 Å². The molecule has 0 aliphatic carbocycles. The van der Waals surface area contributed by atoms with Gasteiger partial charge in [-0.05, 0) is 49.1 Å². The molecule has 1 aromatic carbocycles. The van der Waals surface area contributed by atoms with Crippen LogP contribution in [0.4, 0.5) is 0 Å². The molecular formula is C17H12ClN3OS2. The highest BCUT2D eigenvalue weighted by Gasteiger charge is 2.19. The van der Waals surface area contributed by atoms with E-state index in [-0.39, 0.29) is 5.91 Å². The minimum atomic E-state index is -0.225. The van der Waals surface area contributed by atoms with Crippen molar-refractivity contribution >= 4 is 40.6 Å². The number of thiophene rings is 1. The highest BCUT2D eigenvalue weighted by molar-refractivity contribution is 8.00. The van der Waals surface area contributed by atoms with Crippen LogP contribution in [0.1, 0.15) is 20.8 Å². The van der Waals surface area contributed by atoms with Crippen molar-refractivity contribution in [1.82, 2.24) is 9.78 Å². The van der Waals surface area contributed by atoms with Gasteiger partial charge in [-0.25, -0.2) is 4.68 Å². The Kier molecular flexibility index (Phi) is 4.76. The number of halogens is 1. The number of rotatable bonds is 3. The zero-order chi connectivity index (χ0) is 17.3. The van der Waals surface area contributed by atoms with Crippen molar-refractivity contribution < 1.29 is 4.79 Å². The standard InChI is InChI=1S/C17H12ClN3OS2/c1-10-14(9-19)24-17(23-2)15(10)13-7-8-21(20-13)16(22)11-3-5-12(18)6-4-11/h3-8H,1-2H3. The Bertz CT molecular complexity index is 951. The zero-order valence-corrected chi connectivity index (χ0v) is 15.3. The summed E-state index contributed by atoms with van der Waals surface area (Å²) in [4.78, 5) is 13.2. The normalized spacial score (nSPS) is 10.6. The number of nitriles is 1. The molecule has 2 aromatic heterocycles. The van der Waals surface area contributed by atoms with Crippen molar-refractivity contribution in [2.45, 2.75) is 11.1 Å². The van der Waals surface area contributed by atoms with Crippen LogP contribution < -0.4 is 0 Å². The van der Waals surface area contributed by atoms with Gasteiger partial charge in [-0.2, -0.15) is 10.4 Å². The summed E-state index contributed by atoms with van der Waals surface area (Å²) in [6, 6.07) is 10.7. The number of thioether (sulfide) groups is 1. The first-order chi connectivity index (χ1) is 11.5. The maximum absolute atomic E-state index is 12.5. The number of carbonyl (C=O) groups excluding carboxylic acids is 1. The van der Waals surface area contributed by atoms with E-state index in [2.05, 4.69) is 11.2 Å². The monoisotopic (exact) mass is 373 g/mol. The van der Waals surface area contributed by atoms with Gasteiger partial charge in [0, 0.05) is 22.3 Å². The fraction of sp³-hybridized carbons (Fsp3) is 0.118. The molecule has 4 nitrogen and oxygen atoms in total. The van der Waals surface area contributed by atoms with E-state index in [1.54, 1.807) is 48.3 Å². The molecule has 0 fully saturated rings. The van der Waals surface area contributed by atoms with Crippen molar-refractivity contribution in [3.63, 3.8) is 0 Å². The summed E-state index contributed by atoms with van der Waals surface area (Å²) >= 11 is 8.88. The smallest absolute Gasteiger partial charge is 0.267 e. The third-order valence-corrected chi connectivity index (χ3v) is 6.11. The molecule has 0 spiro atoms. The van der Waals surface area contributed by atoms with Gasteiger partial charge in [0.05, 0.1) is 9.90 Å². The molecule has 24 heavy (non-hydrogen) atoms. The quantitative estimate of drug-likeness (QED) is 0.615. The van der Waals surface area contributed by atoms with Crippen molar-refractivity contribution in [2.24, 2.45) is 0 Å². The van der Waals surface area contributed by atoms with Crippen molar-refractivity contribution in [3.05, 3.63) is 57.6 Å². The predicted molar refractivity (Wildman–Crippen MR) is 98.0 cm³/mol. The van der Waals surface area contributed by atoms with Crippen molar-refractivity contribution in [1.29, 1.82) is 5.26 Å². The molecule has 0 unspecified atom stereocenters. The predicted octanol–water partition coefficient (Wildman–Crippen LogP) is 4.86. The van der Waals surface area contributed by atoms with E-state index >= 15 is 0 Å². The van der Waals surface area contributed by atoms with Crippen LogP contribution in [0.15, 0.2) is 40.7 Å². The topological polar surface area (TPSA) is 58.7 Å². The summed E-state index contributed by atoms with van der Waals surface area (Å²) in [6.45, 7) is 1.91. The van der Waals surface area contributed by atoms with E-state index in [4.69, 9.17) is 11.6 Å². The Balaban J connectivity index is 2.00. The lowest BCUT2D eigenvalue weighted by Gasteiger charge is -2.02. The zero-order valence-electron chi connectivity index (χ0n) is 12.9. The summed E-state index contributed by atoms with van der Waals surface area (Å²) in [7, 11) is 0. The Morgan fingerprint density at radius 2 is 2.04 bits per heavy atom. The van der Waals surface area contributed by atoms with Crippen LogP contribution in [-0.4, -0.2) is 21.9 Å². The van der Waals surface area contributed by atoms with Gasteiger partial charge < -0.3 is 0 Å². The van der Waals surface area contributed by atoms with Crippen LogP contribution in [0, 0.1) is 18.3 Å².